The molecule has 0 N–H and O–H groups in total. The van der Waals surface area contributed by atoms with Gasteiger partial charge in [-0.2, -0.15) is 0 Å². The van der Waals surface area contributed by atoms with Gasteiger partial charge < -0.3 is 9.47 Å². The van der Waals surface area contributed by atoms with Gasteiger partial charge in [-0.25, -0.2) is 13.8 Å². The zero-order valence-corrected chi connectivity index (χ0v) is 108. The summed E-state index contributed by atoms with van der Waals surface area (Å²) in [5.74, 6) is 16.5. The Hall–Kier alpha value is -5.59. The van der Waals surface area contributed by atoms with E-state index in [1.807, 2.05) is 33.9 Å². The highest BCUT2D eigenvalue weighted by Gasteiger charge is 2.46. The van der Waals surface area contributed by atoms with Gasteiger partial charge in [0.1, 0.15) is 17.4 Å². The molecule has 3 aromatic carbocycles. The largest absolute Gasteiger partial charge is 0.490 e. The number of benzene rings is 3. The van der Waals surface area contributed by atoms with Gasteiger partial charge in [0.15, 0.2) is 0 Å². The van der Waals surface area contributed by atoms with Crippen molar-refractivity contribution in [2.24, 2.45) is 71.0 Å². The number of halogens is 2. The number of piperazine rings is 2. The monoisotopic (exact) mass is 2030 g/mol. The van der Waals surface area contributed by atoms with Gasteiger partial charge in [0.2, 0.25) is 5.88 Å². The average Bonchev–Trinajstić information content (AvgIpc) is 0.780. The SMILES string of the molecule is CC(C)C1C(C)C(C)C(C(C)C)C(C)C1C.CC(C)C1CCC(C(C)C)CC1.CC(C)N1C(C)C(C)N(C(C)C)C(C)C1C.CC(C)N1CCN(C(C)C)CC1.CC(C)c1cc(F)c(C(C)C)c(F)c1.CC(C)c1ccc(C(C)C)nc1.Cc1c(C)c(C(C)C)c(C)c(C)c1C(C)C.Cc1c(C)c(C(C)C)c(C)c(C)c1OC(C)C.Cc1nc(C(C)C)c(C)c(C)c1C(C)C.Cc1nc(OC(C)C)c(C)c(C)c1C(C)C. The third kappa shape index (κ3) is 39.7. The first-order chi connectivity index (χ1) is 67.1. The predicted molar refractivity (Wildman–Crippen MR) is 644 cm³/mol. The van der Waals surface area contributed by atoms with Crippen LogP contribution >= 0.6 is 0 Å². The molecular weight excluding hydrogens is 1790 g/mol. The van der Waals surface area contributed by atoms with Crippen LogP contribution in [0.2, 0.25) is 0 Å². The number of nitrogens with zero attached hydrogens (tertiary/aromatic N) is 7. The molecule has 0 amide bonds. The lowest BCUT2D eigenvalue weighted by Gasteiger charge is -2.55. The summed E-state index contributed by atoms with van der Waals surface area (Å²) in [4.78, 5) is 24.2. The van der Waals surface area contributed by atoms with Gasteiger partial charge >= 0.3 is 0 Å². The quantitative estimate of drug-likeness (QED) is 0.0661. The van der Waals surface area contributed by atoms with Crippen LogP contribution in [0.5, 0.6) is 11.6 Å². The third-order valence-electron chi connectivity index (χ3n) is 34.5. The maximum Gasteiger partial charge on any atom is 0.216 e. The molecule has 2 aliphatic carbocycles. The minimum Gasteiger partial charge on any atom is -0.490 e. The first kappa shape index (κ1) is 138. The Morgan fingerprint density at radius 1 is 0.281 bits per heavy atom. The number of hydrogen-bond acceptors (Lipinski definition) is 9. The van der Waals surface area contributed by atoms with E-state index in [1.54, 1.807) is 25.0 Å². The van der Waals surface area contributed by atoms with E-state index < -0.39 is 11.6 Å². The Labute approximate surface area is 906 Å². The van der Waals surface area contributed by atoms with E-state index in [9.17, 15) is 8.78 Å². The molecule has 2 aliphatic heterocycles. The summed E-state index contributed by atoms with van der Waals surface area (Å²) < 4.78 is 38.7. The lowest BCUT2D eigenvalue weighted by Crippen LogP contribution is -2.68. The fraction of sp³-hybridized carbons (Fsp3) is 0.756. The predicted octanol–water partition coefficient (Wildman–Crippen LogP) is 39.3. The molecule has 4 fully saturated rings. The van der Waals surface area contributed by atoms with Crippen LogP contribution in [-0.2, 0) is 0 Å². The maximum atomic E-state index is 13.5. The van der Waals surface area contributed by atoms with Gasteiger partial charge in [-0.3, -0.25) is 29.6 Å². The fourth-order valence-corrected chi connectivity index (χ4v) is 25.5. The Balaban J connectivity index is 0.000000813. The molecule has 2 saturated carbocycles. The van der Waals surface area contributed by atoms with Gasteiger partial charge in [-0.05, 0) is 482 Å². The molecule has 11 heteroatoms. The van der Waals surface area contributed by atoms with Crippen LogP contribution in [0.15, 0.2) is 30.5 Å². The van der Waals surface area contributed by atoms with E-state index in [0.717, 1.165) is 100 Å². The molecule has 3 aromatic heterocycles. The van der Waals surface area contributed by atoms with Crippen LogP contribution < -0.4 is 9.47 Å². The second-order valence-electron chi connectivity index (χ2n) is 51.8. The molecule has 0 radical (unpaired) electrons. The van der Waals surface area contributed by atoms with E-state index in [2.05, 4.69) is 429 Å². The number of pyridine rings is 3. The fourth-order valence-electron chi connectivity index (χ4n) is 25.5. The number of hydrogen-bond donors (Lipinski definition) is 0. The summed E-state index contributed by atoms with van der Waals surface area (Å²) in [5.41, 5.74) is 31.0. The van der Waals surface area contributed by atoms with Crippen LogP contribution in [-0.4, -0.2) is 121 Å². The van der Waals surface area contributed by atoms with Gasteiger partial charge in [0.05, 0.1) is 12.2 Å². The molecule has 4 aliphatic rings. The van der Waals surface area contributed by atoms with E-state index in [0.29, 0.717) is 89.2 Å². The molecule has 0 bridgehead atoms. The van der Waals surface area contributed by atoms with Crippen molar-refractivity contribution in [2.75, 3.05) is 26.2 Å². The molecule has 8 unspecified atom stereocenters. The zero-order valence-electron chi connectivity index (χ0n) is 108. The van der Waals surface area contributed by atoms with Crippen LogP contribution in [0.3, 0.4) is 0 Å². The van der Waals surface area contributed by atoms with Crippen molar-refractivity contribution >= 4 is 0 Å². The lowest BCUT2D eigenvalue weighted by molar-refractivity contribution is -0.0691. The van der Waals surface area contributed by atoms with Crippen molar-refractivity contribution in [2.45, 2.75) is 575 Å². The highest BCUT2D eigenvalue weighted by atomic mass is 19.1. The minimum atomic E-state index is -0.427. The summed E-state index contributed by atoms with van der Waals surface area (Å²) in [6, 6.07) is 12.5. The normalized spacial score (nSPS) is 20.7. The van der Waals surface area contributed by atoms with Crippen molar-refractivity contribution in [1.29, 1.82) is 0 Å². The average molecular weight is 2030 g/mol. The number of aromatic nitrogens is 3. The molecule has 5 heterocycles. The first-order valence-corrected chi connectivity index (χ1v) is 59.1. The van der Waals surface area contributed by atoms with Crippen molar-refractivity contribution in [3.05, 3.63) is 176 Å². The number of rotatable bonds is 22. The molecule has 9 nitrogen and oxygen atoms in total. The maximum absolute atomic E-state index is 13.5. The van der Waals surface area contributed by atoms with Crippen LogP contribution in [0.25, 0.3) is 0 Å². The third-order valence-corrected chi connectivity index (χ3v) is 34.5. The van der Waals surface area contributed by atoms with E-state index in [4.69, 9.17) is 14.5 Å². The molecule has 6 aromatic rings. The second kappa shape index (κ2) is 63.9. The summed E-state index contributed by atoms with van der Waals surface area (Å²) >= 11 is 0. The molecular formula is C135H239F2N7O2. The van der Waals surface area contributed by atoms with Gasteiger partial charge in [-0.15, -0.1) is 0 Å². The van der Waals surface area contributed by atoms with E-state index in [1.165, 1.54) is 170 Å². The number of ether oxygens (including phenoxy) is 2. The molecule has 10 rings (SSSR count). The van der Waals surface area contributed by atoms with Crippen LogP contribution in [0, 0.1) is 180 Å². The molecule has 146 heavy (non-hydrogen) atoms. The van der Waals surface area contributed by atoms with Crippen molar-refractivity contribution < 1.29 is 18.3 Å². The molecule has 8 atom stereocenters. The summed E-state index contributed by atoms with van der Waals surface area (Å²) in [7, 11) is 0. The van der Waals surface area contributed by atoms with Gasteiger partial charge in [0.25, 0.3) is 0 Å². The van der Waals surface area contributed by atoms with E-state index >= 15 is 0 Å². The highest BCUT2D eigenvalue weighted by molar-refractivity contribution is 5.56. The Morgan fingerprint density at radius 2 is 0.562 bits per heavy atom. The Kier molecular flexibility index (Phi) is 60.6. The van der Waals surface area contributed by atoms with E-state index in [-0.39, 0.29) is 29.6 Å². The number of aryl methyl sites for hydroxylation is 2. The van der Waals surface area contributed by atoms with Gasteiger partial charge in [-0.1, -0.05) is 228 Å². The van der Waals surface area contributed by atoms with Crippen molar-refractivity contribution in [1.82, 2.24) is 34.6 Å². The lowest BCUT2D eigenvalue weighted by atomic mass is 9.54. The van der Waals surface area contributed by atoms with Crippen molar-refractivity contribution in [3.8, 4) is 11.6 Å². The standard InChI is InChI=1S/C16H26O.C16H32.C16H26.C14H30N2.C14H23NO.C14H23N.C12H16F2.C12H24.C11H17N.C10H22N2/c1-9(2)15-11(5)13(7)16(17-10(3)4)14(8)12(15)6;3*1-9(2)15-11(5)13(7)16(10(3)4)14(8)12(15)6;1-8(2)13-10(5)11(6)14(15-12(13)7)16-9(3)4;1-8(2)13-10(5)11(6)14(9(3)4)15-12(13)7;1-7(2)9-5-10(13)12(8(3)4)11(14)6-9;1-9(2)11-5-7-12(8-6-11)10(3)4;1-8(2)10-5-6-11(9(3)4)12-7-10;1-9(2)11-5-7-12(8-6-11)10(3)4/h9-10H,1-8H3;9-16H,1-8H3;9-10H,1-8H3;9-14H,1-8H3;8-9H,1-7H3;8-9H,1-7H3;5-8H,1-4H3;9-12H,5-8H2,1-4H3;5-9H,1-4H3;9-10H,5-8H2,1-4H3. The summed E-state index contributed by atoms with van der Waals surface area (Å²) in [5, 5.41) is 0. The first-order valence-electron chi connectivity index (χ1n) is 59.1. The highest BCUT2D eigenvalue weighted by Crippen LogP contribution is 2.51. The molecule has 2 saturated heterocycles. The summed E-state index contributed by atoms with van der Waals surface area (Å²) in [6.07, 6.45) is 8.34. The van der Waals surface area contributed by atoms with Crippen LogP contribution in [0.4, 0.5) is 8.78 Å². The Bertz CT molecular complexity index is 4400. The topological polar surface area (TPSA) is 70.1 Å². The zero-order chi connectivity index (χ0) is 114. The van der Waals surface area contributed by atoms with Crippen LogP contribution in [0.1, 0.15) is 551 Å². The minimum absolute atomic E-state index is 0.115. The smallest absolute Gasteiger partial charge is 0.216 e. The van der Waals surface area contributed by atoms with Crippen molar-refractivity contribution in [3.63, 3.8) is 0 Å². The summed E-state index contributed by atoms with van der Waals surface area (Å²) in [6.45, 7) is 144. The second-order valence-corrected chi connectivity index (χ2v) is 51.8. The Morgan fingerprint density at radius 3 is 0.795 bits per heavy atom. The van der Waals surface area contributed by atoms with Gasteiger partial charge in [0, 0.05) is 115 Å². The molecule has 840 valence electrons. The molecule has 0 spiro atoms.